The van der Waals surface area contributed by atoms with Crippen LogP contribution in [0.1, 0.15) is 48.5 Å². The van der Waals surface area contributed by atoms with E-state index in [-0.39, 0.29) is 5.91 Å². The van der Waals surface area contributed by atoms with Gasteiger partial charge in [0.05, 0.1) is 0 Å². The number of carbonyl (C=O) groups is 1. The van der Waals surface area contributed by atoms with Gasteiger partial charge in [0.25, 0.3) is 5.91 Å². The van der Waals surface area contributed by atoms with Crippen molar-refractivity contribution in [2.75, 3.05) is 32.7 Å². The van der Waals surface area contributed by atoms with Crippen LogP contribution in [-0.4, -0.2) is 48.4 Å². The van der Waals surface area contributed by atoms with Crippen molar-refractivity contribution in [1.82, 2.24) is 9.80 Å². The second-order valence-corrected chi connectivity index (χ2v) is 6.81. The summed E-state index contributed by atoms with van der Waals surface area (Å²) in [6.07, 6.45) is 2.81. The summed E-state index contributed by atoms with van der Waals surface area (Å²) in [5.41, 5.74) is 2.12. The van der Waals surface area contributed by atoms with Gasteiger partial charge in [-0.3, -0.25) is 9.69 Å². The molecule has 3 rings (SSSR count). The highest BCUT2D eigenvalue weighted by Gasteiger charge is 2.27. The van der Waals surface area contributed by atoms with E-state index in [2.05, 4.69) is 30.9 Å². The number of hydrogen-bond acceptors (Lipinski definition) is 2. The fraction of sp³-hybridized carbons (Fsp3) is 0.611. The van der Waals surface area contributed by atoms with Gasteiger partial charge in [0, 0.05) is 38.3 Å². The Kier molecular flexibility index (Phi) is 4.29. The van der Waals surface area contributed by atoms with Gasteiger partial charge in [-0.2, -0.15) is 0 Å². The van der Waals surface area contributed by atoms with E-state index in [1.54, 1.807) is 0 Å². The first kappa shape index (κ1) is 14.6. The molecule has 1 aliphatic heterocycles. The van der Waals surface area contributed by atoms with Gasteiger partial charge in [0.1, 0.15) is 0 Å². The molecule has 0 aromatic heterocycles. The standard InChI is InChI=1S/C18H26N2O/c1-14(2)16-5-7-17(8-6-16)18(21)20-11-9-19(10-12-20)13-15-3-4-15/h5-8,14-15H,3-4,9-13H2,1-2H3. The lowest BCUT2D eigenvalue weighted by Crippen LogP contribution is -2.49. The molecule has 0 N–H and O–H groups in total. The van der Waals surface area contributed by atoms with Crippen molar-refractivity contribution >= 4 is 5.91 Å². The summed E-state index contributed by atoms with van der Waals surface area (Å²) in [5, 5.41) is 0. The normalized spacial score (nSPS) is 20.0. The van der Waals surface area contributed by atoms with E-state index in [0.29, 0.717) is 5.92 Å². The first-order valence-electron chi connectivity index (χ1n) is 8.25. The number of carbonyl (C=O) groups excluding carboxylic acids is 1. The zero-order valence-electron chi connectivity index (χ0n) is 13.2. The molecule has 21 heavy (non-hydrogen) atoms. The average molecular weight is 286 g/mol. The first-order chi connectivity index (χ1) is 10.1. The number of piperazine rings is 1. The van der Waals surface area contributed by atoms with Crippen molar-refractivity contribution < 1.29 is 4.79 Å². The van der Waals surface area contributed by atoms with E-state index in [4.69, 9.17) is 0 Å². The Bertz CT molecular complexity index is 482. The van der Waals surface area contributed by atoms with Crippen LogP contribution in [0.5, 0.6) is 0 Å². The van der Waals surface area contributed by atoms with Crippen molar-refractivity contribution in [3.8, 4) is 0 Å². The number of hydrogen-bond donors (Lipinski definition) is 0. The van der Waals surface area contributed by atoms with Gasteiger partial charge in [-0.15, -0.1) is 0 Å². The zero-order chi connectivity index (χ0) is 14.8. The smallest absolute Gasteiger partial charge is 0.253 e. The molecule has 1 saturated carbocycles. The number of nitrogens with zero attached hydrogens (tertiary/aromatic N) is 2. The van der Waals surface area contributed by atoms with Crippen LogP contribution in [0.25, 0.3) is 0 Å². The Morgan fingerprint density at radius 1 is 1.10 bits per heavy atom. The van der Waals surface area contributed by atoms with Gasteiger partial charge in [0.15, 0.2) is 0 Å². The van der Waals surface area contributed by atoms with Gasteiger partial charge in [-0.25, -0.2) is 0 Å². The fourth-order valence-corrected chi connectivity index (χ4v) is 2.99. The maximum Gasteiger partial charge on any atom is 0.253 e. The molecular weight excluding hydrogens is 260 g/mol. The van der Waals surface area contributed by atoms with Crippen molar-refractivity contribution in [2.24, 2.45) is 5.92 Å². The molecule has 1 aromatic rings. The third kappa shape index (κ3) is 3.65. The second-order valence-electron chi connectivity index (χ2n) is 6.81. The van der Waals surface area contributed by atoms with Gasteiger partial charge in [0.2, 0.25) is 0 Å². The van der Waals surface area contributed by atoms with Crippen LogP contribution >= 0.6 is 0 Å². The third-order valence-electron chi connectivity index (χ3n) is 4.70. The van der Waals surface area contributed by atoms with Gasteiger partial charge >= 0.3 is 0 Å². The topological polar surface area (TPSA) is 23.6 Å². The lowest BCUT2D eigenvalue weighted by atomic mass is 10.0. The monoisotopic (exact) mass is 286 g/mol. The van der Waals surface area contributed by atoms with Gasteiger partial charge in [-0.1, -0.05) is 26.0 Å². The Balaban J connectivity index is 1.55. The van der Waals surface area contributed by atoms with E-state index >= 15 is 0 Å². The molecule has 2 fully saturated rings. The number of amides is 1. The molecule has 0 radical (unpaired) electrons. The molecule has 1 aromatic carbocycles. The van der Waals surface area contributed by atoms with Crippen molar-refractivity contribution in [3.63, 3.8) is 0 Å². The molecule has 0 unspecified atom stereocenters. The van der Waals surface area contributed by atoms with E-state index in [1.165, 1.54) is 24.9 Å². The summed E-state index contributed by atoms with van der Waals surface area (Å²) in [6.45, 7) is 9.41. The molecule has 3 nitrogen and oxygen atoms in total. The van der Waals surface area contributed by atoms with Crippen LogP contribution in [0.2, 0.25) is 0 Å². The van der Waals surface area contributed by atoms with Gasteiger partial charge in [-0.05, 0) is 42.4 Å². The molecule has 114 valence electrons. The summed E-state index contributed by atoms with van der Waals surface area (Å²) in [4.78, 5) is 17.1. The maximum atomic E-state index is 12.5. The van der Waals surface area contributed by atoms with E-state index in [1.807, 2.05) is 17.0 Å². The van der Waals surface area contributed by atoms with E-state index in [0.717, 1.165) is 37.7 Å². The summed E-state index contributed by atoms with van der Waals surface area (Å²) in [7, 11) is 0. The van der Waals surface area contributed by atoms with Crippen LogP contribution in [-0.2, 0) is 0 Å². The minimum atomic E-state index is 0.191. The number of rotatable bonds is 4. The Labute approximate surface area is 127 Å². The van der Waals surface area contributed by atoms with Crippen LogP contribution in [0.15, 0.2) is 24.3 Å². The van der Waals surface area contributed by atoms with Crippen LogP contribution in [0.4, 0.5) is 0 Å². The zero-order valence-corrected chi connectivity index (χ0v) is 13.2. The lowest BCUT2D eigenvalue weighted by Gasteiger charge is -2.34. The highest BCUT2D eigenvalue weighted by atomic mass is 16.2. The van der Waals surface area contributed by atoms with Crippen molar-refractivity contribution in [1.29, 1.82) is 0 Å². The molecular formula is C18H26N2O. The fourth-order valence-electron chi connectivity index (χ4n) is 2.99. The molecule has 2 aliphatic rings. The predicted molar refractivity (Wildman–Crippen MR) is 85.6 cm³/mol. The van der Waals surface area contributed by atoms with Crippen molar-refractivity contribution in [3.05, 3.63) is 35.4 Å². The largest absolute Gasteiger partial charge is 0.336 e. The Morgan fingerprint density at radius 3 is 2.24 bits per heavy atom. The number of benzene rings is 1. The minimum Gasteiger partial charge on any atom is -0.336 e. The highest BCUT2D eigenvalue weighted by Crippen LogP contribution is 2.30. The van der Waals surface area contributed by atoms with Crippen LogP contribution in [0, 0.1) is 5.92 Å². The third-order valence-corrected chi connectivity index (χ3v) is 4.70. The van der Waals surface area contributed by atoms with Crippen molar-refractivity contribution in [2.45, 2.75) is 32.6 Å². The summed E-state index contributed by atoms with van der Waals surface area (Å²) in [6, 6.07) is 8.13. The predicted octanol–water partition coefficient (Wildman–Crippen LogP) is 2.98. The molecule has 0 bridgehead atoms. The molecule has 3 heteroatoms. The van der Waals surface area contributed by atoms with Crippen LogP contribution < -0.4 is 0 Å². The minimum absolute atomic E-state index is 0.191. The van der Waals surface area contributed by atoms with E-state index in [9.17, 15) is 4.79 Å². The SMILES string of the molecule is CC(C)c1ccc(C(=O)N2CCN(CC3CC3)CC2)cc1. The summed E-state index contributed by atoms with van der Waals surface area (Å²) < 4.78 is 0. The van der Waals surface area contributed by atoms with Crippen LogP contribution in [0.3, 0.4) is 0 Å². The quantitative estimate of drug-likeness (QED) is 0.849. The average Bonchev–Trinajstić information content (AvgIpc) is 3.31. The van der Waals surface area contributed by atoms with E-state index < -0.39 is 0 Å². The molecule has 1 heterocycles. The Hall–Kier alpha value is -1.35. The summed E-state index contributed by atoms with van der Waals surface area (Å²) >= 11 is 0. The summed E-state index contributed by atoms with van der Waals surface area (Å²) in [5.74, 6) is 1.65. The molecule has 0 spiro atoms. The lowest BCUT2D eigenvalue weighted by molar-refractivity contribution is 0.0632. The molecule has 1 saturated heterocycles. The maximum absolute atomic E-state index is 12.5. The molecule has 0 atom stereocenters. The molecule has 1 aliphatic carbocycles. The molecule has 1 amide bonds. The highest BCUT2D eigenvalue weighted by molar-refractivity contribution is 5.94. The van der Waals surface area contributed by atoms with Gasteiger partial charge < -0.3 is 4.90 Å². The Morgan fingerprint density at radius 2 is 1.71 bits per heavy atom. The first-order valence-corrected chi connectivity index (χ1v) is 8.25. The second kappa shape index (κ2) is 6.18.